The Morgan fingerprint density at radius 3 is 2.24 bits per heavy atom. The Balaban J connectivity index is 2.79. The molecule has 1 aromatic rings. The molecule has 0 aromatic heterocycles. The molecular weight excluding hydrogens is 352 g/mol. The van der Waals surface area contributed by atoms with Crippen LogP contribution >= 0.6 is 0 Å². The second-order valence-electron chi connectivity index (χ2n) is 5.14. The number of amidine groups is 1. The number of aliphatic imine (C=N–C) groups is 1. The Bertz CT molecular complexity index is 772. The van der Waals surface area contributed by atoms with Crippen molar-refractivity contribution in [2.24, 2.45) is 4.99 Å². The summed E-state index contributed by atoms with van der Waals surface area (Å²) in [4.78, 5) is 2.92. The molecule has 1 N–H and O–H groups in total. The molecule has 0 fully saturated rings. The summed E-state index contributed by atoms with van der Waals surface area (Å²) in [7, 11) is 1.30. The number of alkyl halides is 6. The molecule has 1 aliphatic heterocycles. The Hall–Kier alpha value is -2.70. The molecule has 2 rings (SSSR count). The van der Waals surface area contributed by atoms with E-state index in [9.17, 15) is 26.3 Å². The quantitative estimate of drug-likeness (QED) is 0.815. The minimum atomic E-state index is -5.86. The van der Waals surface area contributed by atoms with E-state index >= 15 is 0 Å². The second kappa shape index (κ2) is 5.98. The van der Waals surface area contributed by atoms with Crippen molar-refractivity contribution in [3.63, 3.8) is 0 Å². The van der Waals surface area contributed by atoms with E-state index in [1.54, 1.807) is 0 Å². The molecule has 1 aromatic carbocycles. The van der Waals surface area contributed by atoms with Crippen LogP contribution in [-0.4, -0.2) is 30.8 Å². The molecule has 10 heteroatoms. The van der Waals surface area contributed by atoms with Crippen LogP contribution in [0.2, 0.25) is 0 Å². The molecule has 25 heavy (non-hydrogen) atoms. The lowest BCUT2D eigenvalue weighted by molar-refractivity contribution is -0.281. The van der Waals surface area contributed by atoms with Crippen LogP contribution in [0.5, 0.6) is 5.75 Å². The fourth-order valence-electron chi connectivity index (χ4n) is 2.41. The molecule has 4 nitrogen and oxygen atoms in total. The highest BCUT2D eigenvalue weighted by molar-refractivity contribution is 6.01. The highest BCUT2D eigenvalue weighted by Gasteiger charge is 2.75. The number of nitrogens with one attached hydrogen (secondary N) is 1. The molecule has 0 amide bonds. The normalized spacial score (nSPS) is 17.5. The van der Waals surface area contributed by atoms with Crippen LogP contribution in [0.3, 0.4) is 0 Å². The molecule has 134 valence electrons. The number of benzene rings is 1. The third kappa shape index (κ3) is 2.90. The Labute approximate surface area is 138 Å². The fourth-order valence-corrected chi connectivity index (χ4v) is 2.41. The lowest BCUT2D eigenvalue weighted by Crippen LogP contribution is -2.60. The topological polar surface area (TPSA) is 57.4 Å². The number of allylic oxidation sites excluding steroid dienone is 1. The van der Waals surface area contributed by atoms with Crippen LogP contribution in [0.4, 0.5) is 26.3 Å². The van der Waals surface area contributed by atoms with Gasteiger partial charge < -0.3 is 10.1 Å². The maximum atomic E-state index is 13.5. The first-order chi connectivity index (χ1) is 11.5. The number of hydrogen-bond acceptors (Lipinski definition) is 4. The summed E-state index contributed by atoms with van der Waals surface area (Å²) in [5.41, 5.74) is -6.81. The van der Waals surface area contributed by atoms with Gasteiger partial charge in [-0.2, -0.15) is 31.6 Å². The number of nitrogens with zero attached hydrogens (tertiary/aromatic N) is 2. The van der Waals surface area contributed by atoms with Crippen LogP contribution in [0, 0.1) is 11.3 Å². The summed E-state index contributed by atoms with van der Waals surface area (Å²) in [6, 6.07) is 6.36. The number of methoxy groups -OCH3 is 1. The first kappa shape index (κ1) is 18.6. The Kier molecular flexibility index (Phi) is 4.46. The first-order valence-electron chi connectivity index (χ1n) is 6.74. The molecule has 1 aliphatic rings. The third-order valence-corrected chi connectivity index (χ3v) is 3.60. The minimum absolute atomic E-state index is 0.0476. The monoisotopic (exact) mass is 363 g/mol. The van der Waals surface area contributed by atoms with Gasteiger partial charge in [0.15, 0.2) is 0 Å². The summed E-state index contributed by atoms with van der Waals surface area (Å²) < 4.78 is 85.7. The van der Waals surface area contributed by atoms with Crippen LogP contribution in [0.25, 0.3) is 0 Å². The number of ether oxygens (including phenoxy) is 1. The number of nitriles is 1. The van der Waals surface area contributed by atoms with E-state index < -0.39 is 35.0 Å². The zero-order valence-corrected chi connectivity index (χ0v) is 12.9. The number of halogens is 6. The summed E-state index contributed by atoms with van der Waals surface area (Å²) in [6.07, 6.45) is -11.7. The molecule has 0 aliphatic carbocycles. The molecule has 0 atom stereocenters. The molecular formula is C15H11F6N3O. The van der Waals surface area contributed by atoms with Gasteiger partial charge in [-0.15, -0.1) is 0 Å². The molecule has 1 heterocycles. The van der Waals surface area contributed by atoms with E-state index in [1.807, 2.05) is 0 Å². The molecule has 0 bridgehead atoms. The van der Waals surface area contributed by atoms with Crippen molar-refractivity contribution in [3.05, 3.63) is 41.1 Å². The Morgan fingerprint density at radius 1 is 1.16 bits per heavy atom. The molecule has 0 saturated heterocycles. The van der Waals surface area contributed by atoms with Gasteiger partial charge >= 0.3 is 12.4 Å². The number of hydrogen-bond donors (Lipinski definition) is 1. The van der Waals surface area contributed by atoms with E-state index in [0.717, 1.165) is 13.0 Å². The minimum Gasteiger partial charge on any atom is -0.497 e. The van der Waals surface area contributed by atoms with Crippen LogP contribution < -0.4 is 10.1 Å². The van der Waals surface area contributed by atoms with Crippen LogP contribution in [0.15, 0.2) is 40.5 Å². The fraction of sp³-hybridized carbons (Fsp3) is 0.333. The van der Waals surface area contributed by atoms with Crippen molar-refractivity contribution < 1.29 is 31.1 Å². The highest BCUT2D eigenvalue weighted by atomic mass is 19.4. The average Bonchev–Trinajstić information content (AvgIpc) is 2.51. The molecule has 0 radical (unpaired) electrons. The average molecular weight is 363 g/mol. The van der Waals surface area contributed by atoms with Gasteiger partial charge in [0.2, 0.25) is 0 Å². The number of rotatable bonds is 2. The van der Waals surface area contributed by atoms with Crippen molar-refractivity contribution in [1.82, 2.24) is 5.32 Å². The maximum absolute atomic E-state index is 13.5. The van der Waals surface area contributed by atoms with Crippen molar-refractivity contribution >= 4 is 5.84 Å². The summed E-state index contributed by atoms with van der Waals surface area (Å²) >= 11 is 0. The van der Waals surface area contributed by atoms with E-state index in [-0.39, 0.29) is 11.3 Å². The predicted octanol–water partition coefficient (Wildman–Crippen LogP) is 3.71. The zero-order chi connectivity index (χ0) is 19.0. The molecule has 0 unspecified atom stereocenters. The van der Waals surface area contributed by atoms with Gasteiger partial charge in [-0.05, 0) is 19.1 Å². The summed E-state index contributed by atoms with van der Waals surface area (Å²) in [5, 5.41) is 11.3. The van der Waals surface area contributed by atoms with E-state index in [0.29, 0.717) is 0 Å². The van der Waals surface area contributed by atoms with Crippen molar-refractivity contribution in [3.8, 4) is 11.8 Å². The zero-order valence-electron chi connectivity index (χ0n) is 12.9. The van der Waals surface area contributed by atoms with Gasteiger partial charge in [0, 0.05) is 11.3 Å². The largest absolute Gasteiger partial charge is 0.497 e. The van der Waals surface area contributed by atoms with Crippen molar-refractivity contribution in [1.29, 1.82) is 5.26 Å². The first-order valence-corrected chi connectivity index (χ1v) is 6.74. The third-order valence-electron chi connectivity index (χ3n) is 3.60. The van der Waals surface area contributed by atoms with Gasteiger partial charge in [-0.3, -0.25) is 0 Å². The molecule has 0 spiro atoms. The Morgan fingerprint density at radius 2 is 1.76 bits per heavy atom. The van der Waals surface area contributed by atoms with E-state index in [2.05, 4.69) is 10.3 Å². The predicted molar refractivity (Wildman–Crippen MR) is 75.8 cm³/mol. The second-order valence-corrected chi connectivity index (χ2v) is 5.14. The van der Waals surface area contributed by atoms with Gasteiger partial charge in [0.25, 0.3) is 5.54 Å². The van der Waals surface area contributed by atoms with Crippen LogP contribution in [0.1, 0.15) is 12.5 Å². The summed E-state index contributed by atoms with van der Waals surface area (Å²) in [5.74, 6) is -0.440. The SMILES string of the molecule is COc1cccc(C2=NC(C(F)(F)F)(C(F)(F)F)C(C#N)=C(C)N2)c1. The van der Waals surface area contributed by atoms with Crippen LogP contribution in [-0.2, 0) is 0 Å². The standard InChI is InChI=1S/C15H11F6N3O/c1-8-11(7-22)13(14(16,17)18,15(19,20)21)24-12(23-8)9-4-3-5-10(6-9)25-2/h3-6H,1-2H3,(H,23,24). The van der Waals surface area contributed by atoms with Gasteiger partial charge in [-0.25, -0.2) is 4.99 Å². The van der Waals surface area contributed by atoms with Crippen molar-refractivity contribution in [2.75, 3.05) is 7.11 Å². The smallest absolute Gasteiger partial charge is 0.427 e. The van der Waals surface area contributed by atoms with Crippen molar-refractivity contribution in [2.45, 2.75) is 24.8 Å². The highest BCUT2D eigenvalue weighted by Crippen LogP contribution is 2.52. The molecule has 0 saturated carbocycles. The van der Waals surface area contributed by atoms with E-state index in [1.165, 1.54) is 31.4 Å². The van der Waals surface area contributed by atoms with Gasteiger partial charge in [0.05, 0.1) is 18.8 Å². The summed E-state index contributed by atoms with van der Waals surface area (Å²) in [6.45, 7) is 0.958. The lowest BCUT2D eigenvalue weighted by Gasteiger charge is -2.37. The lowest BCUT2D eigenvalue weighted by atomic mass is 9.86. The van der Waals surface area contributed by atoms with E-state index in [4.69, 9.17) is 10.00 Å². The van der Waals surface area contributed by atoms with Gasteiger partial charge in [0.1, 0.15) is 11.6 Å². The van der Waals surface area contributed by atoms with Gasteiger partial charge in [-0.1, -0.05) is 12.1 Å². The maximum Gasteiger partial charge on any atom is 0.427 e.